The van der Waals surface area contributed by atoms with Crippen molar-refractivity contribution >= 4 is 35.5 Å². The summed E-state index contributed by atoms with van der Waals surface area (Å²) in [5, 5.41) is 29.8. The molecule has 5 amide bonds. The second kappa shape index (κ2) is 14.1. The number of aromatic hydroxyl groups is 1. The lowest BCUT2D eigenvalue weighted by Gasteiger charge is -2.30. The van der Waals surface area contributed by atoms with Gasteiger partial charge in [-0.05, 0) is 48.8 Å². The Kier molecular flexibility index (Phi) is 10.9. The zero-order valence-corrected chi connectivity index (χ0v) is 24.4. The number of benzene rings is 1. The number of carbonyl (C=O) groups excluding carboxylic acids is 5. The first kappa shape index (κ1) is 32.4. The maximum atomic E-state index is 13.6. The number of phenols is 1. The van der Waals surface area contributed by atoms with Crippen molar-refractivity contribution in [2.75, 3.05) is 6.54 Å². The molecule has 2 heterocycles. The molecule has 13 nitrogen and oxygen atoms in total. The van der Waals surface area contributed by atoms with Crippen LogP contribution >= 0.6 is 0 Å². The highest BCUT2D eigenvalue weighted by Crippen LogP contribution is 2.21. The van der Waals surface area contributed by atoms with E-state index in [1.165, 1.54) is 17.0 Å². The fraction of sp³-hybridized carbons (Fsp3) is 0.586. The van der Waals surface area contributed by atoms with Crippen molar-refractivity contribution < 1.29 is 39.0 Å². The fourth-order valence-electron chi connectivity index (χ4n) is 5.25. The van der Waals surface area contributed by atoms with Gasteiger partial charge in [0.1, 0.15) is 36.0 Å². The predicted octanol–water partition coefficient (Wildman–Crippen LogP) is 0.0553. The number of hydrogen-bond donors (Lipinski definition) is 6. The summed E-state index contributed by atoms with van der Waals surface area (Å²) in [7, 11) is 0. The predicted molar refractivity (Wildman–Crippen MR) is 151 cm³/mol. The van der Waals surface area contributed by atoms with E-state index in [2.05, 4.69) is 21.3 Å². The third-order valence-electron chi connectivity index (χ3n) is 7.43. The van der Waals surface area contributed by atoms with Gasteiger partial charge in [0.15, 0.2) is 0 Å². The summed E-state index contributed by atoms with van der Waals surface area (Å²) in [4.78, 5) is 80.5. The van der Waals surface area contributed by atoms with Crippen LogP contribution in [0.3, 0.4) is 0 Å². The van der Waals surface area contributed by atoms with E-state index in [1.54, 1.807) is 26.0 Å². The minimum atomic E-state index is -1.50. The fourth-order valence-corrected chi connectivity index (χ4v) is 5.25. The molecule has 6 N–H and O–H groups in total. The number of carbonyl (C=O) groups is 6. The van der Waals surface area contributed by atoms with Crippen LogP contribution < -0.4 is 21.3 Å². The van der Waals surface area contributed by atoms with Gasteiger partial charge in [-0.15, -0.1) is 0 Å². The number of carboxylic acid groups (broad SMARTS) is 1. The van der Waals surface area contributed by atoms with Crippen LogP contribution in [0, 0.1) is 11.8 Å². The molecule has 0 radical (unpaired) electrons. The summed E-state index contributed by atoms with van der Waals surface area (Å²) >= 11 is 0. The van der Waals surface area contributed by atoms with Gasteiger partial charge in [-0.1, -0.05) is 39.8 Å². The van der Waals surface area contributed by atoms with Crippen LogP contribution in [-0.4, -0.2) is 87.4 Å². The maximum Gasteiger partial charge on any atom is 0.305 e. The molecule has 0 aliphatic carbocycles. The van der Waals surface area contributed by atoms with E-state index in [-0.39, 0.29) is 37.0 Å². The molecule has 0 saturated carbocycles. The van der Waals surface area contributed by atoms with Crippen molar-refractivity contribution in [3.05, 3.63) is 29.8 Å². The Morgan fingerprint density at radius 1 is 0.857 bits per heavy atom. The topological polar surface area (TPSA) is 194 Å². The van der Waals surface area contributed by atoms with E-state index >= 15 is 0 Å². The second-order valence-electron chi connectivity index (χ2n) is 11.7. The van der Waals surface area contributed by atoms with Gasteiger partial charge in [0, 0.05) is 13.0 Å². The minimum Gasteiger partial charge on any atom is -0.508 e. The Morgan fingerprint density at radius 2 is 1.45 bits per heavy atom. The summed E-state index contributed by atoms with van der Waals surface area (Å²) in [6.07, 6.45) is 0.235. The standard InChI is InChI=1S/C29H41N5O8/c1-15(2)12-19-25(38)30-20(13-17-7-9-18(35)10-8-17)26(39)32-21(14-23(36)37)29(42)34-11-5-6-22(34)27(40)33-24(16(3)4)28(41)31-19/h7-10,15-16,19-22,24,35H,5-6,11-14H2,1-4H3,(H,30,38)(H,31,41)(H,32,39)(H,33,40)(H,36,37). The lowest BCUT2D eigenvalue weighted by atomic mass is 9.98. The van der Waals surface area contributed by atoms with Crippen molar-refractivity contribution in [1.29, 1.82) is 0 Å². The van der Waals surface area contributed by atoms with Crippen molar-refractivity contribution in [2.24, 2.45) is 11.8 Å². The van der Waals surface area contributed by atoms with E-state index in [4.69, 9.17) is 0 Å². The Hall–Kier alpha value is -4.16. The van der Waals surface area contributed by atoms with E-state index in [0.29, 0.717) is 18.4 Å². The van der Waals surface area contributed by atoms with E-state index in [9.17, 15) is 39.0 Å². The molecule has 0 bridgehead atoms. The number of aliphatic carboxylic acids is 1. The Balaban J connectivity index is 2.06. The molecule has 3 rings (SSSR count). The van der Waals surface area contributed by atoms with Gasteiger partial charge in [0.05, 0.1) is 6.42 Å². The van der Waals surface area contributed by atoms with Crippen LogP contribution in [0.1, 0.15) is 58.9 Å². The number of hydrogen-bond acceptors (Lipinski definition) is 7. The average molecular weight is 588 g/mol. The molecule has 0 spiro atoms. The molecule has 42 heavy (non-hydrogen) atoms. The highest BCUT2D eigenvalue weighted by Gasteiger charge is 2.41. The summed E-state index contributed by atoms with van der Waals surface area (Å²) < 4.78 is 0. The van der Waals surface area contributed by atoms with Crippen molar-refractivity contribution in [3.8, 4) is 5.75 Å². The zero-order chi connectivity index (χ0) is 31.1. The molecule has 1 aromatic carbocycles. The van der Waals surface area contributed by atoms with E-state index < -0.39 is 72.1 Å². The van der Waals surface area contributed by atoms with Crippen LogP contribution in [0.15, 0.2) is 24.3 Å². The van der Waals surface area contributed by atoms with Gasteiger partial charge in [-0.3, -0.25) is 28.8 Å². The quantitative estimate of drug-likeness (QED) is 0.258. The lowest BCUT2D eigenvalue weighted by molar-refractivity contribution is -0.146. The van der Waals surface area contributed by atoms with Gasteiger partial charge >= 0.3 is 5.97 Å². The molecular weight excluding hydrogens is 546 g/mol. The summed E-state index contributed by atoms with van der Waals surface area (Å²) in [5.74, 6) is -5.05. The average Bonchev–Trinajstić information content (AvgIpc) is 3.40. The van der Waals surface area contributed by atoms with Crippen molar-refractivity contribution in [3.63, 3.8) is 0 Å². The first-order valence-electron chi connectivity index (χ1n) is 14.3. The second-order valence-corrected chi connectivity index (χ2v) is 11.7. The minimum absolute atomic E-state index is 0.00386. The molecule has 2 aliphatic heterocycles. The Bertz CT molecular complexity index is 1180. The van der Waals surface area contributed by atoms with Crippen molar-refractivity contribution in [2.45, 2.75) is 90.0 Å². The molecule has 2 fully saturated rings. The number of amides is 5. The zero-order valence-electron chi connectivity index (χ0n) is 24.4. The van der Waals surface area contributed by atoms with E-state index in [0.717, 1.165) is 0 Å². The molecule has 2 aliphatic rings. The summed E-state index contributed by atoms with van der Waals surface area (Å²) in [5.41, 5.74) is 0.575. The van der Waals surface area contributed by atoms with Gasteiger partial charge in [0.2, 0.25) is 29.5 Å². The lowest BCUT2D eigenvalue weighted by Crippen LogP contribution is -2.59. The van der Waals surface area contributed by atoms with Gasteiger partial charge < -0.3 is 36.4 Å². The van der Waals surface area contributed by atoms with E-state index in [1.807, 2.05) is 13.8 Å². The molecule has 5 atom stereocenters. The van der Waals surface area contributed by atoms with Crippen LogP contribution in [0.5, 0.6) is 5.75 Å². The molecule has 1 aromatic rings. The third-order valence-corrected chi connectivity index (χ3v) is 7.43. The molecular formula is C29H41N5O8. The normalized spacial score (nSPS) is 26.1. The monoisotopic (exact) mass is 587 g/mol. The SMILES string of the molecule is CC(C)CC1NC(=O)C(C(C)C)NC(=O)C2CCCN2C(=O)C(CC(=O)O)NC(=O)C(Cc2ccc(O)cc2)NC1=O. The number of nitrogens with zero attached hydrogens (tertiary/aromatic N) is 1. The number of rotatable bonds is 7. The van der Waals surface area contributed by atoms with Gasteiger partial charge in [-0.25, -0.2) is 0 Å². The Labute approximate surface area is 244 Å². The summed E-state index contributed by atoms with van der Waals surface area (Å²) in [6, 6.07) is 0.211. The highest BCUT2D eigenvalue weighted by molar-refractivity contribution is 5.99. The smallest absolute Gasteiger partial charge is 0.305 e. The molecule has 230 valence electrons. The largest absolute Gasteiger partial charge is 0.508 e. The molecule has 2 saturated heterocycles. The number of nitrogens with one attached hydrogen (secondary N) is 4. The molecule has 5 unspecified atom stereocenters. The molecule has 13 heteroatoms. The highest BCUT2D eigenvalue weighted by atomic mass is 16.4. The van der Waals surface area contributed by atoms with Crippen LogP contribution in [0.25, 0.3) is 0 Å². The Morgan fingerprint density at radius 3 is 2.05 bits per heavy atom. The first-order valence-corrected chi connectivity index (χ1v) is 14.3. The van der Waals surface area contributed by atoms with Crippen LogP contribution in [0.2, 0.25) is 0 Å². The number of phenolic OH excluding ortho intramolecular Hbond substituents is 1. The third kappa shape index (κ3) is 8.43. The van der Waals surface area contributed by atoms with Crippen LogP contribution in [-0.2, 0) is 35.2 Å². The first-order chi connectivity index (χ1) is 19.8. The molecule has 0 aromatic heterocycles. The van der Waals surface area contributed by atoms with Gasteiger partial charge in [-0.2, -0.15) is 0 Å². The van der Waals surface area contributed by atoms with Crippen molar-refractivity contribution in [1.82, 2.24) is 26.2 Å². The summed E-state index contributed by atoms with van der Waals surface area (Å²) in [6.45, 7) is 7.40. The van der Waals surface area contributed by atoms with Gasteiger partial charge in [0.25, 0.3) is 0 Å². The number of fused-ring (bicyclic) bond motifs is 1. The maximum absolute atomic E-state index is 13.6. The number of carboxylic acids is 1. The van der Waals surface area contributed by atoms with Crippen LogP contribution in [0.4, 0.5) is 0 Å².